The second kappa shape index (κ2) is 8.17. The molecular formula is C17H15Cl2N3O3. The quantitative estimate of drug-likeness (QED) is 0.864. The summed E-state index contributed by atoms with van der Waals surface area (Å²) in [5, 5.41) is 12.6. The Morgan fingerprint density at radius 3 is 2.48 bits per heavy atom. The minimum Gasteiger partial charge on any atom is -0.380 e. The number of anilines is 1. The van der Waals surface area contributed by atoms with Crippen molar-refractivity contribution < 1.29 is 9.53 Å². The number of hydrogen-bond acceptors (Lipinski definition) is 4. The van der Waals surface area contributed by atoms with Crippen LogP contribution < -0.4 is 10.9 Å². The summed E-state index contributed by atoms with van der Waals surface area (Å²) in [6, 6.07) is 8.17. The molecule has 1 amide bonds. The molecule has 1 N–H and O–H groups in total. The number of carbonyl (C=O) groups is 1. The Balaban J connectivity index is 2.29. The van der Waals surface area contributed by atoms with Crippen LogP contribution >= 0.6 is 23.2 Å². The highest BCUT2D eigenvalue weighted by Crippen LogP contribution is 2.22. The number of methoxy groups -OCH3 is 1. The van der Waals surface area contributed by atoms with Crippen molar-refractivity contribution in [3.8, 4) is 6.07 Å². The number of ether oxygens (including phenoxy) is 1. The highest BCUT2D eigenvalue weighted by atomic mass is 35.5. The summed E-state index contributed by atoms with van der Waals surface area (Å²) >= 11 is 11.8. The number of nitrogens with zero attached hydrogens (tertiary/aromatic N) is 2. The van der Waals surface area contributed by atoms with E-state index in [0.29, 0.717) is 27.0 Å². The van der Waals surface area contributed by atoms with Gasteiger partial charge in [0.25, 0.3) is 5.56 Å². The predicted molar refractivity (Wildman–Crippen MR) is 96.0 cm³/mol. The van der Waals surface area contributed by atoms with Crippen LogP contribution in [0.3, 0.4) is 0 Å². The molecule has 2 aromatic rings. The van der Waals surface area contributed by atoms with E-state index in [0.717, 1.165) is 0 Å². The van der Waals surface area contributed by atoms with E-state index in [1.54, 1.807) is 31.2 Å². The number of hydrogen-bond donors (Lipinski definition) is 1. The van der Waals surface area contributed by atoms with Crippen molar-refractivity contribution >= 4 is 34.8 Å². The molecule has 0 aliphatic carbocycles. The van der Waals surface area contributed by atoms with Gasteiger partial charge in [-0.3, -0.25) is 9.59 Å². The lowest BCUT2D eigenvalue weighted by Gasteiger charge is -2.13. The van der Waals surface area contributed by atoms with E-state index in [2.05, 4.69) is 5.32 Å². The van der Waals surface area contributed by atoms with Crippen LogP contribution in [0.25, 0.3) is 0 Å². The number of benzene rings is 1. The van der Waals surface area contributed by atoms with Crippen molar-refractivity contribution in [3.63, 3.8) is 0 Å². The second-order valence-corrected chi connectivity index (χ2v) is 6.20. The first kappa shape index (κ1) is 19.0. The van der Waals surface area contributed by atoms with Crippen LogP contribution in [0.4, 0.5) is 5.69 Å². The minimum atomic E-state index is -0.533. The molecule has 1 aromatic heterocycles. The summed E-state index contributed by atoms with van der Waals surface area (Å²) in [6.45, 7) is 1.59. The van der Waals surface area contributed by atoms with Gasteiger partial charge < -0.3 is 14.6 Å². The van der Waals surface area contributed by atoms with E-state index in [1.165, 1.54) is 11.7 Å². The molecule has 25 heavy (non-hydrogen) atoms. The van der Waals surface area contributed by atoms with E-state index in [4.69, 9.17) is 27.9 Å². The van der Waals surface area contributed by atoms with Gasteiger partial charge in [0.2, 0.25) is 5.91 Å². The lowest BCUT2D eigenvalue weighted by molar-refractivity contribution is -0.116. The molecule has 8 heteroatoms. The predicted octanol–water partition coefficient (Wildman–Crippen LogP) is 3.12. The maximum Gasteiger partial charge on any atom is 0.269 e. The molecular weight excluding hydrogens is 365 g/mol. The van der Waals surface area contributed by atoms with Crippen molar-refractivity contribution in [2.75, 3.05) is 12.4 Å². The SMILES string of the molecule is COCc1cc(C)n(CC(=O)Nc2cc(Cl)cc(Cl)c2)c(=O)c1C#N. The zero-order valence-electron chi connectivity index (χ0n) is 13.6. The number of aryl methyl sites for hydroxylation is 1. The van der Waals surface area contributed by atoms with Gasteiger partial charge in [-0.2, -0.15) is 5.26 Å². The van der Waals surface area contributed by atoms with E-state index in [9.17, 15) is 14.9 Å². The molecule has 0 saturated carbocycles. The van der Waals surface area contributed by atoms with Crippen LogP contribution in [0.15, 0.2) is 29.1 Å². The standard InChI is InChI=1S/C17H15Cl2N3O3/c1-10-3-11(9-25-2)15(7-20)17(24)22(10)8-16(23)21-14-5-12(18)4-13(19)6-14/h3-6H,8-9H2,1-2H3,(H,21,23). The van der Waals surface area contributed by atoms with Gasteiger partial charge in [-0.25, -0.2) is 0 Å². The van der Waals surface area contributed by atoms with Gasteiger partial charge in [-0.15, -0.1) is 0 Å². The summed E-state index contributed by atoms with van der Waals surface area (Å²) in [5.74, 6) is -0.438. The zero-order valence-corrected chi connectivity index (χ0v) is 15.1. The molecule has 130 valence electrons. The number of pyridine rings is 1. The Morgan fingerprint density at radius 1 is 1.28 bits per heavy atom. The fourth-order valence-corrected chi connectivity index (χ4v) is 2.92. The Kier molecular flexibility index (Phi) is 6.21. The van der Waals surface area contributed by atoms with Crippen LogP contribution in [0, 0.1) is 18.3 Å². The Labute approximate surface area is 154 Å². The van der Waals surface area contributed by atoms with Crippen LogP contribution in [-0.4, -0.2) is 17.6 Å². The first-order valence-electron chi connectivity index (χ1n) is 7.24. The Bertz CT molecular complexity index is 896. The Morgan fingerprint density at radius 2 is 1.92 bits per heavy atom. The molecule has 0 atom stereocenters. The highest BCUT2D eigenvalue weighted by Gasteiger charge is 2.15. The molecule has 1 heterocycles. The average molecular weight is 380 g/mol. The van der Waals surface area contributed by atoms with E-state index >= 15 is 0 Å². The lowest BCUT2D eigenvalue weighted by atomic mass is 10.1. The van der Waals surface area contributed by atoms with Crippen molar-refractivity contribution in [1.82, 2.24) is 4.57 Å². The number of nitriles is 1. The number of carbonyl (C=O) groups excluding carboxylic acids is 1. The summed E-state index contributed by atoms with van der Waals surface area (Å²) in [6.07, 6.45) is 0. The van der Waals surface area contributed by atoms with Crippen LogP contribution in [0.5, 0.6) is 0 Å². The average Bonchev–Trinajstić information content (AvgIpc) is 2.51. The largest absolute Gasteiger partial charge is 0.380 e. The van der Waals surface area contributed by atoms with Gasteiger partial charge in [0.15, 0.2) is 0 Å². The lowest BCUT2D eigenvalue weighted by Crippen LogP contribution is -2.31. The maximum atomic E-state index is 12.5. The number of amides is 1. The number of rotatable bonds is 5. The number of aromatic nitrogens is 1. The number of halogens is 2. The van der Waals surface area contributed by atoms with Crippen molar-refractivity contribution in [1.29, 1.82) is 5.26 Å². The summed E-state index contributed by atoms with van der Waals surface area (Å²) < 4.78 is 6.23. The van der Waals surface area contributed by atoms with Crippen LogP contribution in [-0.2, 0) is 22.7 Å². The second-order valence-electron chi connectivity index (χ2n) is 5.33. The van der Waals surface area contributed by atoms with Crippen molar-refractivity contribution in [2.45, 2.75) is 20.1 Å². The third-order valence-electron chi connectivity index (χ3n) is 3.45. The van der Waals surface area contributed by atoms with E-state index in [-0.39, 0.29) is 18.7 Å². The minimum absolute atomic E-state index is 0.0361. The van der Waals surface area contributed by atoms with Gasteiger partial charge in [0, 0.05) is 34.1 Å². The third-order valence-corrected chi connectivity index (χ3v) is 3.89. The molecule has 0 aliphatic rings. The molecule has 0 bridgehead atoms. The van der Waals surface area contributed by atoms with Crippen LogP contribution in [0.2, 0.25) is 10.0 Å². The molecule has 0 radical (unpaired) electrons. The van der Waals surface area contributed by atoms with Gasteiger partial charge in [0.1, 0.15) is 18.2 Å². The molecule has 0 fully saturated rings. The third kappa shape index (κ3) is 4.60. The topological polar surface area (TPSA) is 84.1 Å². The van der Waals surface area contributed by atoms with Crippen molar-refractivity contribution in [3.05, 3.63) is 61.5 Å². The Hall–Kier alpha value is -2.33. The van der Waals surface area contributed by atoms with Crippen molar-refractivity contribution in [2.24, 2.45) is 0 Å². The summed E-state index contributed by atoms with van der Waals surface area (Å²) in [4.78, 5) is 24.7. The molecule has 0 saturated heterocycles. The summed E-state index contributed by atoms with van der Waals surface area (Å²) in [7, 11) is 1.48. The maximum absolute atomic E-state index is 12.5. The summed E-state index contributed by atoms with van der Waals surface area (Å²) in [5.41, 5.74) is 0.894. The molecule has 6 nitrogen and oxygen atoms in total. The van der Waals surface area contributed by atoms with Gasteiger partial charge in [0.05, 0.1) is 6.61 Å². The first-order valence-corrected chi connectivity index (χ1v) is 7.99. The fraction of sp³-hybridized carbons (Fsp3) is 0.235. The van der Waals surface area contributed by atoms with E-state index < -0.39 is 11.5 Å². The smallest absolute Gasteiger partial charge is 0.269 e. The first-order chi connectivity index (χ1) is 11.8. The molecule has 2 rings (SSSR count). The zero-order chi connectivity index (χ0) is 18.6. The molecule has 1 aromatic carbocycles. The molecule has 0 spiro atoms. The van der Waals surface area contributed by atoms with Gasteiger partial charge in [-0.1, -0.05) is 23.2 Å². The normalized spacial score (nSPS) is 10.4. The molecule has 0 aliphatic heterocycles. The monoisotopic (exact) mass is 379 g/mol. The fourth-order valence-electron chi connectivity index (χ4n) is 2.39. The highest BCUT2D eigenvalue weighted by molar-refractivity contribution is 6.35. The van der Waals surface area contributed by atoms with E-state index in [1.807, 2.05) is 6.07 Å². The van der Waals surface area contributed by atoms with Crippen LogP contribution in [0.1, 0.15) is 16.8 Å². The molecule has 0 unspecified atom stereocenters. The van der Waals surface area contributed by atoms with Gasteiger partial charge in [-0.05, 0) is 31.2 Å². The number of nitrogens with one attached hydrogen (secondary N) is 1. The van der Waals surface area contributed by atoms with Gasteiger partial charge >= 0.3 is 0 Å².